The van der Waals surface area contributed by atoms with E-state index >= 15 is 0 Å². The lowest BCUT2D eigenvalue weighted by atomic mass is 10.1. The largest absolute Gasteiger partial charge is 0.399 e. The first-order valence-electron chi connectivity index (χ1n) is 8.14. The molecule has 7 heteroatoms. The summed E-state index contributed by atoms with van der Waals surface area (Å²) in [6.45, 7) is 2.52. The second kappa shape index (κ2) is 7.21. The Labute approximate surface area is 145 Å². The second-order valence-electron chi connectivity index (χ2n) is 6.07. The molecule has 1 amide bonds. The van der Waals surface area contributed by atoms with Gasteiger partial charge in [0.05, 0.1) is 11.3 Å². The Balaban J connectivity index is 1.59. The Morgan fingerprint density at radius 1 is 1.08 bits per heavy atom. The number of nitrogens with zero attached hydrogens (tertiary/aromatic N) is 3. The highest BCUT2D eigenvalue weighted by molar-refractivity contribution is 5.79. The van der Waals surface area contributed by atoms with Crippen molar-refractivity contribution in [3.05, 3.63) is 64.2 Å². The number of rotatable bonds is 4. The Morgan fingerprint density at radius 3 is 2.48 bits per heavy atom. The van der Waals surface area contributed by atoms with Gasteiger partial charge in [-0.25, -0.2) is 0 Å². The zero-order valence-electron chi connectivity index (χ0n) is 13.8. The van der Waals surface area contributed by atoms with Crippen LogP contribution >= 0.6 is 0 Å². The van der Waals surface area contributed by atoms with E-state index in [0.717, 1.165) is 11.3 Å². The molecule has 1 heterocycles. The first-order chi connectivity index (χ1) is 12.0. The number of nitrogen functional groups attached to an aromatic ring is 1. The van der Waals surface area contributed by atoms with Gasteiger partial charge in [-0.2, -0.15) is 0 Å². The average Bonchev–Trinajstić information content (AvgIpc) is 2.62. The van der Waals surface area contributed by atoms with Crippen LogP contribution in [0.5, 0.6) is 0 Å². The number of nitrogens with two attached hydrogens (primary N) is 1. The molecular formula is C18H20N4O3. The highest BCUT2D eigenvalue weighted by Crippen LogP contribution is 2.22. The third-order valence-electron chi connectivity index (χ3n) is 4.34. The van der Waals surface area contributed by atoms with Crippen molar-refractivity contribution >= 4 is 23.0 Å². The fraction of sp³-hybridized carbons (Fsp3) is 0.278. The number of anilines is 2. The van der Waals surface area contributed by atoms with Gasteiger partial charge in [-0.1, -0.05) is 18.2 Å². The van der Waals surface area contributed by atoms with E-state index in [2.05, 4.69) is 4.90 Å². The van der Waals surface area contributed by atoms with Crippen LogP contribution < -0.4 is 10.6 Å². The summed E-state index contributed by atoms with van der Waals surface area (Å²) in [6, 6.07) is 14.0. The molecule has 0 unspecified atom stereocenters. The number of non-ortho nitro benzene ring substituents is 1. The van der Waals surface area contributed by atoms with Crippen molar-refractivity contribution in [2.24, 2.45) is 0 Å². The van der Waals surface area contributed by atoms with Crippen LogP contribution in [0.4, 0.5) is 17.1 Å². The number of hydrogen-bond acceptors (Lipinski definition) is 5. The molecule has 1 fully saturated rings. The zero-order valence-corrected chi connectivity index (χ0v) is 13.8. The molecule has 0 aliphatic carbocycles. The van der Waals surface area contributed by atoms with Gasteiger partial charge in [0.15, 0.2) is 0 Å². The molecule has 1 aliphatic rings. The fourth-order valence-electron chi connectivity index (χ4n) is 3.01. The maximum absolute atomic E-state index is 12.4. The topological polar surface area (TPSA) is 92.7 Å². The van der Waals surface area contributed by atoms with Crippen LogP contribution in [0, 0.1) is 10.1 Å². The van der Waals surface area contributed by atoms with Crippen LogP contribution in [0.25, 0.3) is 0 Å². The van der Waals surface area contributed by atoms with E-state index in [1.807, 2.05) is 29.2 Å². The Bertz CT molecular complexity index is 785. The molecule has 0 radical (unpaired) electrons. The number of amides is 1. The number of carbonyl (C=O) groups is 1. The van der Waals surface area contributed by atoms with Crippen LogP contribution in [0.15, 0.2) is 48.5 Å². The third kappa shape index (κ3) is 4.06. The molecule has 1 saturated heterocycles. The molecule has 0 aromatic heterocycles. The van der Waals surface area contributed by atoms with Crippen molar-refractivity contribution < 1.29 is 9.72 Å². The average molecular weight is 340 g/mol. The summed E-state index contributed by atoms with van der Waals surface area (Å²) in [5, 5.41) is 10.9. The molecule has 2 N–H and O–H groups in total. The summed E-state index contributed by atoms with van der Waals surface area (Å²) in [4.78, 5) is 26.8. The summed E-state index contributed by atoms with van der Waals surface area (Å²) in [5.41, 5.74) is 8.21. The van der Waals surface area contributed by atoms with Crippen molar-refractivity contribution in [1.29, 1.82) is 0 Å². The molecule has 2 aromatic rings. The van der Waals surface area contributed by atoms with Gasteiger partial charge in [-0.05, 0) is 23.8 Å². The monoisotopic (exact) mass is 340 g/mol. The van der Waals surface area contributed by atoms with E-state index in [-0.39, 0.29) is 11.6 Å². The van der Waals surface area contributed by atoms with Crippen LogP contribution in [0.3, 0.4) is 0 Å². The first-order valence-corrected chi connectivity index (χ1v) is 8.14. The fourth-order valence-corrected chi connectivity index (χ4v) is 3.01. The molecule has 2 aromatic carbocycles. The van der Waals surface area contributed by atoms with Crippen LogP contribution in [0.2, 0.25) is 0 Å². The molecule has 3 rings (SSSR count). The minimum atomic E-state index is -0.394. The summed E-state index contributed by atoms with van der Waals surface area (Å²) in [6.07, 6.45) is 0.335. The normalized spacial score (nSPS) is 14.4. The van der Waals surface area contributed by atoms with E-state index in [4.69, 9.17) is 5.73 Å². The molecule has 0 saturated carbocycles. The van der Waals surface area contributed by atoms with E-state index in [1.54, 1.807) is 18.2 Å². The quantitative estimate of drug-likeness (QED) is 0.522. The van der Waals surface area contributed by atoms with Crippen LogP contribution in [-0.2, 0) is 11.2 Å². The number of hydrogen-bond donors (Lipinski definition) is 1. The highest BCUT2D eigenvalue weighted by Gasteiger charge is 2.22. The Morgan fingerprint density at radius 2 is 1.80 bits per heavy atom. The van der Waals surface area contributed by atoms with Gasteiger partial charge < -0.3 is 15.5 Å². The van der Waals surface area contributed by atoms with Crippen LogP contribution in [0.1, 0.15) is 5.56 Å². The van der Waals surface area contributed by atoms with Gasteiger partial charge in [0.25, 0.3) is 5.69 Å². The van der Waals surface area contributed by atoms with Gasteiger partial charge in [-0.3, -0.25) is 14.9 Å². The van der Waals surface area contributed by atoms with E-state index in [1.165, 1.54) is 6.07 Å². The number of nitro benzene ring substituents is 1. The van der Waals surface area contributed by atoms with E-state index in [9.17, 15) is 14.9 Å². The van der Waals surface area contributed by atoms with E-state index in [0.29, 0.717) is 38.3 Å². The molecular weight excluding hydrogens is 320 g/mol. The second-order valence-corrected chi connectivity index (χ2v) is 6.07. The predicted octanol–water partition coefficient (Wildman–Crippen LogP) is 2.07. The molecule has 0 bridgehead atoms. The minimum absolute atomic E-state index is 0.0734. The van der Waals surface area contributed by atoms with Crippen molar-refractivity contribution in [3.63, 3.8) is 0 Å². The lowest BCUT2D eigenvalue weighted by molar-refractivity contribution is -0.384. The van der Waals surface area contributed by atoms with Gasteiger partial charge in [0, 0.05) is 49.7 Å². The Hall–Kier alpha value is -3.09. The Kier molecular flexibility index (Phi) is 4.83. The SMILES string of the molecule is Nc1cccc(CC(=O)N2CCN(c3cccc([N+](=O)[O-])c3)CC2)c1. The van der Waals surface area contributed by atoms with Crippen molar-refractivity contribution in [2.75, 3.05) is 36.8 Å². The van der Waals surface area contributed by atoms with Crippen molar-refractivity contribution in [3.8, 4) is 0 Å². The van der Waals surface area contributed by atoms with Gasteiger partial charge in [-0.15, -0.1) is 0 Å². The summed E-state index contributed by atoms with van der Waals surface area (Å²) in [7, 11) is 0. The standard InChI is InChI=1S/C18H20N4O3/c19-15-4-1-3-14(11-15)12-18(23)21-9-7-20(8-10-21)16-5-2-6-17(13-16)22(24)25/h1-6,11,13H,7-10,12,19H2. The maximum atomic E-state index is 12.4. The zero-order chi connectivity index (χ0) is 17.8. The van der Waals surface area contributed by atoms with Gasteiger partial charge in [0.2, 0.25) is 5.91 Å². The number of benzene rings is 2. The smallest absolute Gasteiger partial charge is 0.271 e. The number of piperazine rings is 1. The van der Waals surface area contributed by atoms with Gasteiger partial charge >= 0.3 is 0 Å². The molecule has 0 spiro atoms. The molecule has 7 nitrogen and oxygen atoms in total. The predicted molar refractivity (Wildman–Crippen MR) is 96.4 cm³/mol. The number of nitro groups is 1. The molecule has 130 valence electrons. The van der Waals surface area contributed by atoms with Crippen molar-refractivity contribution in [2.45, 2.75) is 6.42 Å². The van der Waals surface area contributed by atoms with Gasteiger partial charge in [0.1, 0.15) is 0 Å². The molecule has 0 atom stereocenters. The first kappa shape index (κ1) is 16.8. The number of carbonyl (C=O) groups excluding carboxylic acids is 1. The molecule has 1 aliphatic heterocycles. The lowest BCUT2D eigenvalue weighted by Crippen LogP contribution is -2.49. The van der Waals surface area contributed by atoms with Crippen LogP contribution in [-0.4, -0.2) is 41.9 Å². The molecule has 25 heavy (non-hydrogen) atoms. The highest BCUT2D eigenvalue weighted by atomic mass is 16.6. The third-order valence-corrected chi connectivity index (χ3v) is 4.34. The van der Waals surface area contributed by atoms with E-state index < -0.39 is 4.92 Å². The summed E-state index contributed by atoms with van der Waals surface area (Å²) < 4.78 is 0. The summed E-state index contributed by atoms with van der Waals surface area (Å²) in [5.74, 6) is 0.0734. The minimum Gasteiger partial charge on any atom is -0.399 e. The lowest BCUT2D eigenvalue weighted by Gasteiger charge is -2.36. The summed E-state index contributed by atoms with van der Waals surface area (Å²) >= 11 is 0. The maximum Gasteiger partial charge on any atom is 0.271 e. The van der Waals surface area contributed by atoms with Crippen molar-refractivity contribution in [1.82, 2.24) is 4.90 Å².